The van der Waals surface area contributed by atoms with Gasteiger partial charge in [0.2, 0.25) is 0 Å². The maximum absolute atomic E-state index is 7.95. The second-order valence-corrected chi connectivity index (χ2v) is 2.38. The Kier molecular flexibility index (Phi) is 2.97. The Hall–Kier alpha value is -0.120. The Morgan fingerprint density at radius 3 is 2.67 bits per heavy atom. The number of hydrogen-bond donors (Lipinski definition) is 1. The third-order valence-electron chi connectivity index (χ3n) is 1.66. The molecule has 0 aliphatic carbocycles. The van der Waals surface area contributed by atoms with Gasteiger partial charge in [0.05, 0.1) is 6.61 Å². The van der Waals surface area contributed by atoms with Gasteiger partial charge in [-0.2, -0.15) is 0 Å². The van der Waals surface area contributed by atoms with Gasteiger partial charge in [-0.3, -0.25) is 5.26 Å². The Labute approximate surface area is 55.2 Å². The van der Waals surface area contributed by atoms with Crippen molar-refractivity contribution in [2.75, 3.05) is 26.2 Å². The summed E-state index contributed by atoms with van der Waals surface area (Å²) in [6, 6.07) is 0. The minimum absolute atomic E-state index is 0.469. The van der Waals surface area contributed by atoms with Crippen molar-refractivity contribution < 1.29 is 10.1 Å². The molecule has 1 heterocycles. The highest BCUT2D eigenvalue weighted by atomic mass is 17.1. The maximum atomic E-state index is 7.95. The molecular weight excluding hydrogens is 118 g/mol. The minimum Gasteiger partial charge on any atom is -0.303 e. The molecule has 3 heteroatoms. The molecule has 1 aliphatic heterocycles. The predicted octanol–water partition coefficient (Wildman–Crippen LogP) is 0.572. The van der Waals surface area contributed by atoms with E-state index in [1.54, 1.807) is 0 Å². The summed E-state index contributed by atoms with van der Waals surface area (Å²) in [6.45, 7) is 3.99. The monoisotopic (exact) mass is 131 g/mol. The van der Waals surface area contributed by atoms with Gasteiger partial charge < -0.3 is 4.90 Å². The summed E-state index contributed by atoms with van der Waals surface area (Å²) in [5.74, 6) is 0. The van der Waals surface area contributed by atoms with Gasteiger partial charge in [-0.15, -0.1) is 0 Å². The smallest absolute Gasteiger partial charge is 0.0831 e. The molecule has 0 amide bonds. The number of rotatable bonds is 4. The zero-order valence-electron chi connectivity index (χ0n) is 5.55. The Bertz CT molecular complexity index is 73.5. The summed E-state index contributed by atoms with van der Waals surface area (Å²) in [6.07, 6.45) is 2.27. The average molecular weight is 131 g/mol. The summed E-state index contributed by atoms with van der Waals surface area (Å²) < 4.78 is 0. The van der Waals surface area contributed by atoms with Gasteiger partial charge in [0, 0.05) is 6.54 Å². The molecule has 0 aromatic heterocycles. The maximum Gasteiger partial charge on any atom is 0.0831 e. The first kappa shape index (κ1) is 6.99. The van der Waals surface area contributed by atoms with Gasteiger partial charge in [0.15, 0.2) is 0 Å². The molecule has 0 atom stereocenters. The summed E-state index contributed by atoms with van der Waals surface area (Å²) in [7, 11) is 0. The first-order valence-corrected chi connectivity index (χ1v) is 3.42. The third kappa shape index (κ3) is 2.30. The topological polar surface area (TPSA) is 32.7 Å². The van der Waals surface area contributed by atoms with Crippen LogP contribution in [0, 0.1) is 0 Å². The van der Waals surface area contributed by atoms with Crippen molar-refractivity contribution in [1.29, 1.82) is 0 Å². The van der Waals surface area contributed by atoms with Crippen molar-refractivity contribution in [3.8, 4) is 0 Å². The largest absolute Gasteiger partial charge is 0.303 e. The Morgan fingerprint density at radius 2 is 2.22 bits per heavy atom. The van der Waals surface area contributed by atoms with Crippen molar-refractivity contribution in [2.45, 2.75) is 12.8 Å². The molecule has 1 saturated heterocycles. The minimum atomic E-state index is 0.469. The molecule has 9 heavy (non-hydrogen) atoms. The van der Waals surface area contributed by atoms with Crippen LogP contribution in [-0.4, -0.2) is 36.4 Å². The number of nitrogens with zero attached hydrogens (tertiary/aromatic N) is 1. The van der Waals surface area contributed by atoms with Crippen LogP contribution in [0.3, 0.4) is 0 Å². The molecule has 0 unspecified atom stereocenters. The molecule has 1 fully saturated rings. The van der Waals surface area contributed by atoms with E-state index in [-0.39, 0.29) is 0 Å². The van der Waals surface area contributed by atoms with E-state index < -0.39 is 0 Å². The fourth-order valence-electron chi connectivity index (χ4n) is 0.958. The van der Waals surface area contributed by atoms with Crippen LogP contribution in [0.2, 0.25) is 0 Å². The molecular formula is C6H13NO2. The highest BCUT2D eigenvalue weighted by Gasteiger charge is 2.11. The zero-order valence-corrected chi connectivity index (χ0v) is 5.55. The van der Waals surface area contributed by atoms with E-state index in [2.05, 4.69) is 9.79 Å². The molecule has 1 N–H and O–H groups in total. The molecule has 0 aromatic carbocycles. The summed E-state index contributed by atoms with van der Waals surface area (Å²) in [5.41, 5.74) is 0. The van der Waals surface area contributed by atoms with Crippen molar-refractivity contribution >= 4 is 0 Å². The van der Waals surface area contributed by atoms with Crippen molar-refractivity contribution in [2.24, 2.45) is 0 Å². The van der Waals surface area contributed by atoms with E-state index in [0.717, 1.165) is 13.0 Å². The number of likely N-dealkylation sites (tertiary alicyclic amines) is 1. The van der Waals surface area contributed by atoms with Gasteiger partial charge in [0.25, 0.3) is 0 Å². The van der Waals surface area contributed by atoms with Gasteiger partial charge in [-0.05, 0) is 25.9 Å². The lowest BCUT2D eigenvalue weighted by molar-refractivity contribution is -0.243. The van der Waals surface area contributed by atoms with Gasteiger partial charge in [-0.1, -0.05) is 0 Å². The van der Waals surface area contributed by atoms with Gasteiger partial charge in [-0.25, -0.2) is 4.89 Å². The van der Waals surface area contributed by atoms with Gasteiger partial charge >= 0.3 is 0 Å². The van der Waals surface area contributed by atoms with E-state index in [9.17, 15) is 0 Å². The Morgan fingerprint density at radius 1 is 1.44 bits per heavy atom. The zero-order chi connectivity index (χ0) is 6.53. The van der Waals surface area contributed by atoms with Crippen LogP contribution < -0.4 is 0 Å². The second kappa shape index (κ2) is 3.82. The van der Waals surface area contributed by atoms with Crippen LogP contribution in [0.4, 0.5) is 0 Å². The van der Waals surface area contributed by atoms with Crippen molar-refractivity contribution in [3.05, 3.63) is 0 Å². The number of hydrogen-bond acceptors (Lipinski definition) is 3. The molecule has 54 valence electrons. The van der Waals surface area contributed by atoms with Crippen LogP contribution >= 0.6 is 0 Å². The van der Waals surface area contributed by atoms with E-state index in [1.807, 2.05) is 0 Å². The third-order valence-corrected chi connectivity index (χ3v) is 1.66. The Balaban J connectivity index is 1.80. The van der Waals surface area contributed by atoms with Gasteiger partial charge in [0.1, 0.15) is 0 Å². The van der Waals surface area contributed by atoms with E-state index >= 15 is 0 Å². The van der Waals surface area contributed by atoms with Crippen LogP contribution in [0.25, 0.3) is 0 Å². The lowest BCUT2D eigenvalue weighted by Gasteiger charge is -2.30. The highest BCUT2D eigenvalue weighted by molar-refractivity contribution is 4.67. The molecule has 1 aliphatic rings. The normalized spacial score (nSPS) is 19.7. The highest BCUT2D eigenvalue weighted by Crippen LogP contribution is 2.05. The molecule has 0 spiro atoms. The molecule has 0 bridgehead atoms. The first-order valence-electron chi connectivity index (χ1n) is 3.42. The van der Waals surface area contributed by atoms with E-state index in [1.165, 1.54) is 19.5 Å². The summed E-state index contributed by atoms with van der Waals surface area (Å²) >= 11 is 0. The van der Waals surface area contributed by atoms with E-state index in [4.69, 9.17) is 5.26 Å². The lowest BCUT2D eigenvalue weighted by atomic mass is 10.2. The molecule has 0 radical (unpaired) electrons. The SMILES string of the molecule is OOCCCN1CCC1. The van der Waals surface area contributed by atoms with Crippen molar-refractivity contribution in [3.63, 3.8) is 0 Å². The van der Waals surface area contributed by atoms with Crippen LogP contribution in [0.1, 0.15) is 12.8 Å². The first-order chi connectivity index (χ1) is 4.43. The second-order valence-electron chi connectivity index (χ2n) is 2.38. The molecule has 0 saturated carbocycles. The quantitative estimate of drug-likeness (QED) is 0.344. The average Bonchev–Trinajstić information content (AvgIpc) is 1.76. The summed E-state index contributed by atoms with van der Waals surface area (Å²) in [5, 5.41) is 7.95. The molecule has 1 rings (SSSR count). The van der Waals surface area contributed by atoms with E-state index in [0.29, 0.717) is 6.61 Å². The molecule has 3 nitrogen and oxygen atoms in total. The molecule has 0 aromatic rings. The fraction of sp³-hybridized carbons (Fsp3) is 1.00. The van der Waals surface area contributed by atoms with Crippen LogP contribution in [0.5, 0.6) is 0 Å². The lowest BCUT2D eigenvalue weighted by Crippen LogP contribution is -2.37. The predicted molar refractivity (Wildman–Crippen MR) is 34.3 cm³/mol. The van der Waals surface area contributed by atoms with Crippen molar-refractivity contribution in [1.82, 2.24) is 4.90 Å². The van der Waals surface area contributed by atoms with Crippen LogP contribution in [0.15, 0.2) is 0 Å². The fourth-order valence-corrected chi connectivity index (χ4v) is 0.958. The van der Waals surface area contributed by atoms with Crippen LogP contribution in [-0.2, 0) is 4.89 Å². The summed E-state index contributed by atoms with van der Waals surface area (Å²) in [4.78, 5) is 6.28. The standard InChI is InChI=1S/C6H13NO2/c8-9-6-2-5-7-3-1-4-7/h8H,1-6H2.